The molecule has 0 aliphatic heterocycles. The zero-order chi connectivity index (χ0) is 15.6. The second kappa shape index (κ2) is 5.97. The minimum Gasteiger partial charge on any atom is -0.391 e. The van der Waals surface area contributed by atoms with E-state index in [-0.39, 0.29) is 12.1 Å². The summed E-state index contributed by atoms with van der Waals surface area (Å²) < 4.78 is 0. The third-order valence-corrected chi connectivity index (χ3v) is 4.44. The fraction of sp³-hybridized carbons (Fsp3) is 0.263. The molecule has 1 aliphatic rings. The van der Waals surface area contributed by atoms with Gasteiger partial charge in [0, 0.05) is 10.9 Å². The van der Waals surface area contributed by atoms with Gasteiger partial charge in [-0.15, -0.1) is 0 Å². The summed E-state index contributed by atoms with van der Waals surface area (Å²) in [5, 5.41) is 14.5. The lowest BCUT2D eigenvalue weighted by Crippen LogP contribution is -2.28. The van der Waals surface area contributed by atoms with Gasteiger partial charge in [0.1, 0.15) is 5.82 Å². The number of para-hydroxylation sites is 1. The van der Waals surface area contributed by atoms with Crippen LogP contribution in [0.3, 0.4) is 0 Å². The maximum absolute atomic E-state index is 10.1. The number of aliphatic hydroxyl groups is 1. The second-order valence-corrected chi connectivity index (χ2v) is 6.03. The number of nitrogens with one attached hydrogen (secondary N) is 1. The molecule has 23 heavy (non-hydrogen) atoms. The molecule has 0 unspecified atom stereocenters. The van der Waals surface area contributed by atoms with E-state index in [0.717, 1.165) is 41.5 Å². The number of aromatic nitrogens is 2. The normalized spacial score (nSPS) is 20.7. The molecule has 0 saturated heterocycles. The monoisotopic (exact) mass is 305 g/mol. The molecule has 116 valence electrons. The summed E-state index contributed by atoms with van der Waals surface area (Å²) in [6, 6.07) is 18.0. The topological polar surface area (TPSA) is 58.0 Å². The molecule has 4 rings (SSSR count). The zero-order valence-electron chi connectivity index (χ0n) is 12.8. The average Bonchev–Trinajstić information content (AvgIpc) is 3.00. The van der Waals surface area contributed by atoms with E-state index in [9.17, 15) is 5.11 Å². The van der Waals surface area contributed by atoms with Crippen LogP contribution in [-0.4, -0.2) is 27.2 Å². The predicted molar refractivity (Wildman–Crippen MR) is 92.2 cm³/mol. The van der Waals surface area contributed by atoms with E-state index in [0.29, 0.717) is 5.82 Å². The molecule has 4 nitrogen and oxygen atoms in total. The largest absolute Gasteiger partial charge is 0.391 e. The van der Waals surface area contributed by atoms with Crippen molar-refractivity contribution in [1.29, 1.82) is 0 Å². The Labute approximate surface area is 135 Å². The van der Waals surface area contributed by atoms with Gasteiger partial charge in [-0.1, -0.05) is 42.5 Å². The molecule has 1 heterocycles. The van der Waals surface area contributed by atoms with E-state index in [1.165, 1.54) is 0 Å². The minimum absolute atomic E-state index is 0.0666. The first kappa shape index (κ1) is 14.2. The Hall–Kier alpha value is -2.46. The Bertz CT molecular complexity index is 819. The SMILES string of the molecule is O[C@@H]1CCC[C@H]1Nc1nc(-c2ccccc2)nc2ccccc12. The maximum atomic E-state index is 10.1. The molecule has 3 aromatic rings. The molecular formula is C19H19N3O. The molecule has 1 aromatic heterocycles. The number of hydrogen-bond donors (Lipinski definition) is 2. The second-order valence-electron chi connectivity index (χ2n) is 6.03. The number of nitrogens with zero attached hydrogens (tertiary/aromatic N) is 2. The molecule has 2 atom stereocenters. The van der Waals surface area contributed by atoms with Crippen LogP contribution >= 0.6 is 0 Å². The van der Waals surface area contributed by atoms with E-state index in [1.54, 1.807) is 0 Å². The Morgan fingerprint density at radius 2 is 1.70 bits per heavy atom. The fourth-order valence-corrected chi connectivity index (χ4v) is 3.19. The van der Waals surface area contributed by atoms with E-state index >= 15 is 0 Å². The smallest absolute Gasteiger partial charge is 0.162 e. The van der Waals surface area contributed by atoms with Crippen molar-refractivity contribution in [2.75, 3.05) is 5.32 Å². The quantitative estimate of drug-likeness (QED) is 0.776. The van der Waals surface area contributed by atoms with Gasteiger partial charge in [0.05, 0.1) is 17.7 Å². The summed E-state index contributed by atoms with van der Waals surface area (Å²) in [5.74, 6) is 1.51. The fourth-order valence-electron chi connectivity index (χ4n) is 3.19. The van der Waals surface area contributed by atoms with Gasteiger partial charge in [-0.25, -0.2) is 9.97 Å². The van der Waals surface area contributed by atoms with Gasteiger partial charge >= 0.3 is 0 Å². The highest BCUT2D eigenvalue weighted by atomic mass is 16.3. The summed E-state index contributed by atoms with van der Waals surface area (Å²) in [5.41, 5.74) is 1.91. The summed E-state index contributed by atoms with van der Waals surface area (Å²) >= 11 is 0. The van der Waals surface area contributed by atoms with E-state index in [4.69, 9.17) is 4.98 Å². The molecular weight excluding hydrogens is 286 g/mol. The summed E-state index contributed by atoms with van der Waals surface area (Å²) in [7, 11) is 0. The Kier molecular flexibility index (Phi) is 3.67. The van der Waals surface area contributed by atoms with Crippen molar-refractivity contribution in [3.63, 3.8) is 0 Å². The highest BCUT2D eigenvalue weighted by Crippen LogP contribution is 2.28. The lowest BCUT2D eigenvalue weighted by molar-refractivity contribution is 0.171. The highest BCUT2D eigenvalue weighted by Gasteiger charge is 2.26. The minimum atomic E-state index is -0.302. The summed E-state index contributed by atoms with van der Waals surface area (Å²) in [4.78, 5) is 9.42. The number of hydrogen-bond acceptors (Lipinski definition) is 4. The first-order valence-corrected chi connectivity index (χ1v) is 8.08. The molecule has 2 aromatic carbocycles. The van der Waals surface area contributed by atoms with Gasteiger partial charge in [-0.2, -0.15) is 0 Å². The molecule has 0 amide bonds. The molecule has 1 fully saturated rings. The van der Waals surface area contributed by atoms with Gasteiger partial charge in [-0.3, -0.25) is 0 Å². The van der Waals surface area contributed by atoms with Crippen LogP contribution in [0.2, 0.25) is 0 Å². The molecule has 0 radical (unpaired) electrons. The molecule has 0 bridgehead atoms. The van der Waals surface area contributed by atoms with Gasteiger partial charge in [0.25, 0.3) is 0 Å². The van der Waals surface area contributed by atoms with Crippen molar-refractivity contribution in [1.82, 2.24) is 9.97 Å². The van der Waals surface area contributed by atoms with Crippen LogP contribution in [0.1, 0.15) is 19.3 Å². The predicted octanol–water partition coefficient (Wildman–Crippen LogP) is 3.62. The number of benzene rings is 2. The van der Waals surface area contributed by atoms with Crippen molar-refractivity contribution >= 4 is 16.7 Å². The van der Waals surface area contributed by atoms with Crippen molar-refractivity contribution in [2.24, 2.45) is 0 Å². The van der Waals surface area contributed by atoms with Crippen LogP contribution in [-0.2, 0) is 0 Å². The first-order valence-electron chi connectivity index (χ1n) is 8.08. The zero-order valence-corrected chi connectivity index (χ0v) is 12.8. The maximum Gasteiger partial charge on any atom is 0.162 e. The summed E-state index contributed by atoms with van der Waals surface area (Å²) in [6.45, 7) is 0. The van der Waals surface area contributed by atoms with E-state index in [2.05, 4.69) is 10.3 Å². The van der Waals surface area contributed by atoms with Crippen LogP contribution in [0.5, 0.6) is 0 Å². The Morgan fingerprint density at radius 1 is 0.913 bits per heavy atom. The van der Waals surface area contributed by atoms with Crippen molar-refractivity contribution in [3.05, 3.63) is 54.6 Å². The molecule has 4 heteroatoms. The van der Waals surface area contributed by atoms with Crippen LogP contribution in [0, 0.1) is 0 Å². The van der Waals surface area contributed by atoms with Crippen molar-refractivity contribution in [3.8, 4) is 11.4 Å². The van der Waals surface area contributed by atoms with Crippen molar-refractivity contribution < 1.29 is 5.11 Å². The lowest BCUT2D eigenvalue weighted by Gasteiger charge is -2.19. The molecule has 0 spiro atoms. The van der Waals surface area contributed by atoms with Crippen molar-refractivity contribution in [2.45, 2.75) is 31.4 Å². The molecule has 1 saturated carbocycles. The third kappa shape index (κ3) is 2.78. The average molecular weight is 305 g/mol. The van der Waals surface area contributed by atoms with E-state index < -0.39 is 0 Å². The highest BCUT2D eigenvalue weighted by molar-refractivity contribution is 5.90. The van der Waals surface area contributed by atoms with Gasteiger partial charge in [0.2, 0.25) is 0 Å². The Balaban J connectivity index is 1.81. The Morgan fingerprint density at radius 3 is 2.48 bits per heavy atom. The standard InChI is InChI=1S/C19H19N3O/c23-17-12-6-11-16(17)21-19-14-9-4-5-10-15(14)20-18(22-19)13-7-2-1-3-8-13/h1-5,7-10,16-17,23H,6,11-12H2,(H,20,21,22)/t16-,17-/m1/s1. The number of anilines is 1. The first-order chi connectivity index (χ1) is 11.3. The summed E-state index contributed by atoms with van der Waals surface area (Å²) in [6.07, 6.45) is 2.57. The third-order valence-electron chi connectivity index (χ3n) is 4.44. The van der Waals surface area contributed by atoms with Gasteiger partial charge < -0.3 is 10.4 Å². The number of fused-ring (bicyclic) bond motifs is 1. The number of rotatable bonds is 3. The van der Waals surface area contributed by atoms with Crippen LogP contribution < -0.4 is 5.32 Å². The van der Waals surface area contributed by atoms with E-state index in [1.807, 2.05) is 54.6 Å². The van der Waals surface area contributed by atoms with Gasteiger partial charge in [-0.05, 0) is 31.4 Å². The van der Waals surface area contributed by atoms with Crippen LogP contribution in [0.15, 0.2) is 54.6 Å². The molecule has 2 N–H and O–H groups in total. The van der Waals surface area contributed by atoms with Gasteiger partial charge in [0.15, 0.2) is 5.82 Å². The molecule has 1 aliphatic carbocycles. The van der Waals surface area contributed by atoms with Crippen LogP contribution in [0.25, 0.3) is 22.3 Å². The number of aliphatic hydroxyl groups excluding tert-OH is 1. The van der Waals surface area contributed by atoms with Crippen LogP contribution in [0.4, 0.5) is 5.82 Å². The lowest BCUT2D eigenvalue weighted by atomic mass is 10.1.